The zero-order chi connectivity index (χ0) is 13.0. The highest BCUT2D eigenvalue weighted by Crippen LogP contribution is 2.33. The van der Waals surface area contributed by atoms with Crippen LogP contribution in [0, 0.1) is 5.92 Å². The van der Waals surface area contributed by atoms with Crippen LogP contribution < -0.4 is 5.32 Å². The minimum Gasteiger partial charge on any atom is -0.378 e. The molecule has 0 saturated heterocycles. The van der Waals surface area contributed by atoms with Crippen LogP contribution in [0.4, 0.5) is 5.69 Å². The molecule has 0 aliphatic heterocycles. The number of anilines is 1. The number of hydrogen-bond acceptors (Lipinski definition) is 3. The van der Waals surface area contributed by atoms with E-state index in [0.717, 1.165) is 29.6 Å². The summed E-state index contributed by atoms with van der Waals surface area (Å²) in [6, 6.07) is 1.78. The fourth-order valence-corrected chi connectivity index (χ4v) is 2.50. The lowest BCUT2D eigenvalue weighted by Gasteiger charge is -2.34. The molecule has 2 rings (SSSR count). The number of halogens is 1. The molecule has 0 bridgehead atoms. The summed E-state index contributed by atoms with van der Waals surface area (Å²) in [6.07, 6.45) is 6.26. The fourth-order valence-electron chi connectivity index (χ4n) is 2.15. The van der Waals surface area contributed by atoms with Crippen LogP contribution in [0.15, 0.2) is 22.9 Å². The highest BCUT2D eigenvalue weighted by molar-refractivity contribution is 9.10. The van der Waals surface area contributed by atoms with Gasteiger partial charge in [0.15, 0.2) is 0 Å². The van der Waals surface area contributed by atoms with Crippen molar-refractivity contribution >= 4 is 27.5 Å². The van der Waals surface area contributed by atoms with Crippen molar-refractivity contribution in [2.75, 3.05) is 11.9 Å². The van der Waals surface area contributed by atoms with Gasteiger partial charge in [-0.15, -0.1) is 0 Å². The summed E-state index contributed by atoms with van der Waals surface area (Å²) in [6.45, 7) is 2.76. The van der Waals surface area contributed by atoms with Gasteiger partial charge in [-0.05, 0) is 47.7 Å². The van der Waals surface area contributed by atoms with Crippen molar-refractivity contribution in [3.63, 3.8) is 0 Å². The van der Waals surface area contributed by atoms with E-state index in [1.165, 1.54) is 0 Å². The first kappa shape index (κ1) is 13.5. The Balaban J connectivity index is 1.75. The van der Waals surface area contributed by atoms with Crippen LogP contribution in [0.2, 0.25) is 0 Å². The summed E-state index contributed by atoms with van der Waals surface area (Å²) in [5.41, 5.74) is 0.774. The van der Waals surface area contributed by atoms with Crippen LogP contribution in [0.1, 0.15) is 26.2 Å². The standard InChI is InChI=1S/C13H17BrN2O2/c1-2-18-10-5-9(6-10)7-13(17)16-12-3-4-15-8-11(12)14/h3-4,8-10H,2,5-7H2,1H3,(H,15,16,17). The van der Waals surface area contributed by atoms with E-state index in [2.05, 4.69) is 26.2 Å². The van der Waals surface area contributed by atoms with E-state index in [9.17, 15) is 4.79 Å². The van der Waals surface area contributed by atoms with E-state index in [1.54, 1.807) is 18.5 Å². The summed E-state index contributed by atoms with van der Waals surface area (Å²) in [7, 11) is 0. The first-order valence-electron chi connectivity index (χ1n) is 6.20. The fraction of sp³-hybridized carbons (Fsp3) is 0.538. The number of ether oxygens (including phenoxy) is 1. The lowest BCUT2D eigenvalue weighted by molar-refractivity contribution is -0.119. The largest absolute Gasteiger partial charge is 0.378 e. The number of nitrogens with zero attached hydrogens (tertiary/aromatic N) is 1. The number of nitrogens with one attached hydrogen (secondary N) is 1. The Morgan fingerprint density at radius 3 is 3.06 bits per heavy atom. The molecule has 1 heterocycles. The molecule has 98 valence electrons. The monoisotopic (exact) mass is 312 g/mol. The summed E-state index contributed by atoms with van der Waals surface area (Å²) in [5.74, 6) is 0.518. The summed E-state index contributed by atoms with van der Waals surface area (Å²) in [5, 5.41) is 2.89. The second kappa shape index (κ2) is 6.29. The van der Waals surface area contributed by atoms with Crippen molar-refractivity contribution in [3.8, 4) is 0 Å². The van der Waals surface area contributed by atoms with Gasteiger partial charge in [-0.1, -0.05) is 0 Å². The molecule has 1 aliphatic rings. The third-order valence-corrected chi connectivity index (χ3v) is 3.75. The van der Waals surface area contributed by atoms with Gasteiger partial charge in [-0.2, -0.15) is 0 Å². The average Bonchev–Trinajstić information content (AvgIpc) is 2.29. The lowest BCUT2D eigenvalue weighted by atomic mass is 9.80. The molecule has 1 N–H and O–H groups in total. The second-order valence-corrected chi connectivity index (χ2v) is 5.38. The number of carbonyl (C=O) groups excluding carboxylic acids is 1. The Kier molecular flexibility index (Phi) is 4.72. The van der Waals surface area contributed by atoms with E-state index >= 15 is 0 Å². The zero-order valence-electron chi connectivity index (χ0n) is 10.4. The van der Waals surface area contributed by atoms with Gasteiger partial charge in [-0.3, -0.25) is 9.78 Å². The molecule has 1 fully saturated rings. The molecular formula is C13H17BrN2O2. The molecule has 1 aromatic heterocycles. The minimum atomic E-state index is 0.0573. The highest BCUT2D eigenvalue weighted by atomic mass is 79.9. The van der Waals surface area contributed by atoms with E-state index in [4.69, 9.17) is 4.74 Å². The van der Waals surface area contributed by atoms with Gasteiger partial charge in [0.1, 0.15) is 0 Å². The Bertz CT molecular complexity index is 419. The number of carbonyl (C=O) groups is 1. The van der Waals surface area contributed by atoms with Crippen LogP contribution in [0.5, 0.6) is 0 Å². The SMILES string of the molecule is CCOC1CC(CC(=O)Nc2ccncc2Br)C1. The lowest BCUT2D eigenvalue weighted by Crippen LogP contribution is -2.33. The molecular weight excluding hydrogens is 296 g/mol. The van der Waals surface area contributed by atoms with E-state index < -0.39 is 0 Å². The van der Waals surface area contributed by atoms with Gasteiger partial charge >= 0.3 is 0 Å². The predicted molar refractivity (Wildman–Crippen MR) is 73.3 cm³/mol. The number of pyridine rings is 1. The molecule has 0 spiro atoms. The van der Waals surface area contributed by atoms with Gasteiger partial charge in [-0.25, -0.2) is 0 Å². The quantitative estimate of drug-likeness (QED) is 0.909. The Morgan fingerprint density at radius 1 is 1.61 bits per heavy atom. The molecule has 0 unspecified atom stereocenters. The van der Waals surface area contributed by atoms with Crippen molar-refractivity contribution < 1.29 is 9.53 Å². The molecule has 4 nitrogen and oxygen atoms in total. The van der Waals surface area contributed by atoms with Crippen LogP contribution in [0.25, 0.3) is 0 Å². The molecule has 0 aromatic carbocycles. The van der Waals surface area contributed by atoms with Crippen LogP contribution in [-0.4, -0.2) is 23.6 Å². The van der Waals surface area contributed by atoms with Crippen LogP contribution in [-0.2, 0) is 9.53 Å². The molecule has 1 amide bonds. The van der Waals surface area contributed by atoms with Crippen LogP contribution >= 0.6 is 15.9 Å². The van der Waals surface area contributed by atoms with Crippen molar-refractivity contribution in [2.45, 2.75) is 32.3 Å². The summed E-state index contributed by atoms with van der Waals surface area (Å²) < 4.78 is 6.28. The molecule has 5 heteroatoms. The van der Waals surface area contributed by atoms with Gasteiger partial charge < -0.3 is 10.1 Å². The summed E-state index contributed by atoms with van der Waals surface area (Å²) >= 11 is 3.35. The van der Waals surface area contributed by atoms with E-state index in [-0.39, 0.29) is 5.91 Å². The Hall–Kier alpha value is -0.940. The molecule has 1 aliphatic carbocycles. The average molecular weight is 313 g/mol. The second-order valence-electron chi connectivity index (χ2n) is 4.52. The normalized spacial score (nSPS) is 22.3. The maximum atomic E-state index is 11.8. The molecule has 1 saturated carbocycles. The molecule has 1 aromatic rings. The van der Waals surface area contributed by atoms with Gasteiger partial charge in [0.25, 0.3) is 0 Å². The van der Waals surface area contributed by atoms with E-state index in [1.807, 2.05) is 6.92 Å². The third-order valence-electron chi connectivity index (χ3n) is 3.12. The predicted octanol–water partition coefficient (Wildman–Crippen LogP) is 2.99. The topological polar surface area (TPSA) is 51.2 Å². The van der Waals surface area contributed by atoms with Crippen LogP contribution in [0.3, 0.4) is 0 Å². The van der Waals surface area contributed by atoms with E-state index in [0.29, 0.717) is 18.4 Å². The van der Waals surface area contributed by atoms with Gasteiger partial charge in [0, 0.05) is 25.4 Å². The molecule has 0 atom stereocenters. The van der Waals surface area contributed by atoms with Crippen molar-refractivity contribution in [1.82, 2.24) is 4.98 Å². The first-order chi connectivity index (χ1) is 8.69. The smallest absolute Gasteiger partial charge is 0.224 e. The van der Waals surface area contributed by atoms with Crippen molar-refractivity contribution in [3.05, 3.63) is 22.9 Å². The Morgan fingerprint density at radius 2 is 2.39 bits per heavy atom. The highest BCUT2D eigenvalue weighted by Gasteiger charge is 2.31. The molecule has 0 radical (unpaired) electrons. The third kappa shape index (κ3) is 3.53. The van der Waals surface area contributed by atoms with Crippen molar-refractivity contribution in [1.29, 1.82) is 0 Å². The maximum absolute atomic E-state index is 11.8. The first-order valence-corrected chi connectivity index (χ1v) is 6.99. The van der Waals surface area contributed by atoms with Gasteiger partial charge in [0.05, 0.1) is 16.3 Å². The number of amides is 1. The van der Waals surface area contributed by atoms with Crippen molar-refractivity contribution in [2.24, 2.45) is 5.92 Å². The minimum absolute atomic E-state index is 0.0573. The summed E-state index contributed by atoms with van der Waals surface area (Å²) in [4.78, 5) is 15.8. The molecule has 18 heavy (non-hydrogen) atoms. The maximum Gasteiger partial charge on any atom is 0.224 e. The number of aromatic nitrogens is 1. The number of hydrogen-bond donors (Lipinski definition) is 1. The Labute approximate surface area is 115 Å². The zero-order valence-corrected chi connectivity index (χ0v) is 11.9. The number of rotatable bonds is 5. The van der Waals surface area contributed by atoms with Gasteiger partial charge in [0.2, 0.25) is 5.91 Å².